The number of carbonyl (C=O) groups excluding carboxylic acids is 1. The van der Waals surface area contributed by atoms with Crippen LogP contribution in [0, 0.1) is 3.57 Å². The minimum absolute atomic E-state index is 0.138. The molecule has 2 rings (SSSR count). The summed E-state index contributed by atoms with van der Waals surface area (Å²) in [6, 6.07) is 13.6. The molecule has 1 heterocycles. The van der Waals surface area contributed by atoms with Gasteiger partial charge >= 0.3 is 0 Å². The minimum Gasteiger partial charge on any atom is -0.272 e. The Bertz CT molecular complexity index is 659. The first-order valence-electron chi connectivity index (χ1n) is 6.74. The maximum Gasteiger partial charge on any atom is 0.253 e. The Morgan fingerprint density at radius 1 is 1.27 bits per heavy atom. The Morgan fingerprint density at radius 2 is 2.00 bits per heavy atom. The normalized spacial score (nSPS) is 12.8. The molecule has 1 N–H and O–H groups in total. The Labute approximate surface area is 147 Å². The van der Waals surface area contributed by atoms with Gasteiger partial charge in [0.25, 0.3) is 5.91 Å². The molecule has 0 aliphatic carbocycles. The monoisotopic (exact) mass is 425 g/mol. The molecule has 1 atom stereocenters. The molecule has 0 radical (unpaired) electrons. The summed E-state index contributed by atoms with van der Waals surface area (Å²) < 4.78 is 1.17. The molecule has 0 saturated carbocycles. The van der Waals surface area contributed by atoms with Crippen molar-refractivity contribution in [2.24, 2.45) is 5.10 Å². The van der Waals surface area contributed by atoms with Crippen LogP contribution >= 0.6 is 34.4 Å². The maximum absolute atomic E-state index is 12.1. The topological polar surface area (TPSA) is 54.4 Å². The van der Waals surface area contributed by atoms with Crippen LogP contribution in [-0.2, 0) is 4.79 Å². The molecule has 22 heavy (non-hydrogen) atoms. The van der Waals surface area contributed by atoms with Crippen molar-refractivity contribution in [3.8, 4) is 0 Å². The highest BCUT2D eigenvalue weighted by atomic mass is 127. The van der Waals surface area contributed by atoms with Crippen LogP contribution < -0.4 is 5.43 Å². The second-order valence-corrected chi connectivity index (χ2v) is 7.21. The van der Waals surface area contributed by atoms with E-state index in [1.165, 1.54) is 15.3 Å². The molecule has 0 bridgehead atoms. The fraction of sp³-hybridized carbons (Fsp3) is 0.188. The van der Waals surface area contributed by atoms with Crippen LogP contribution in [0.1, 0.15) is 19.4 Å². The van der Waals surface area contributed by atoms with Crippen molar-refractivity contribution >= 4 is 46.0 Å². The molecular formula is C16H16IN3OS. The van der Waals surface area contributed by atoms with Crippen molar-refractivity contribution in [1.82, 2.24) is 10.4 Å². The molecule has 1 aromatic heterocycles. The highest BCUT2D eigenvalue weighted by Crippen LogP contribution is 2.20. The highest BCUT2D eigenvalue weighted by molar-refractivity contribution is 14.1. The number of amides is 1. The van der Waals surface area contributed by atoms with Gasteiger partial charge in [0.15, 0.2) is 0 Å². The van der Waals surface area contributed by atoms with Gasteiger partial charge in [-0.05, 0) is 66.3 Å². The number of halogens is 1. The second-order valence-electron chi connectivity index (χ2n) is 4.61. The average Bonchev–Trinajstić information content (AvgIpc) is 2.53. The number of hydrogen-bond donors (Lipinski definition) is 1. The molecule has 0 aliphatic rings. The molecule has 114 valence electrons. The number of thioether (sulfide) groups is 1. The van der Waals surface area contributed by atoms with E-state index in [-0.39, 0.29) is 11.2 Å². The fourth-order valence-electron chi connectivity index (χ4n) is 1.64. The van der Waals surface area contributed by atoms with Crippen LogP contribution in [0.3, 0.4) is 0 Å². The third-order valence-electron chi connectivity index (χ3n) is 2.90. The lowest BCUT2D eigenvalue weighted by atomic mass is 10.1. The number of rotatable bonds is 5. The van der Waals surface area contributed by atoms with Crippen LogP contribution in [0.5, 0.6) is 0 Å². The lowest BCUT2D eigenvalue weighted by molar-refractivity contribution is -0.120. The van der Waals surface area contributed by atoms with Gasteiger partial charge in [0, 0.05) is 9.77 Å². The van der Waals surface area contributed by atoms with E-state index in [4.69, 9.17) is 0 Å². The summed E-state index contributed by atoms with van der Waals surface area (Å²) in [5.41, 5.74) is 4.38. The van der Waals surface area contributed by atoms with Crippen molar-refractivity contribution in [2.45, 2.75) is 24.1 Å². The molecule has 0 fully saturated rings. The van der Waals surface area contributed by atoms with Crippen molar-refractivity contribution in [1.29, 1.82) is 0 Å². The Balaban J connectivity index is 1.93. The molecule has 0 saturated heterocycles. The van der Waals surface area contributed by atoms with Crippen LogP contribution in [0.15, 0.2) is 58.8 Å². The van der Waals surface area contributed by atoms with Crippen LogP contribution in [-0.4, -0.2) is 21.9 Å². The van der Waals surface area contributed by atoms with Gasteiger partial charge in [0.1, 0.15) is 0 Å². The summed E-state index contributed by atoms with van der Waals surface area (Å²) in [5.74, 6) is -0.138. The van der Waals surface area contributed by atoms with Gasteiger partial charge in [-0.1, -0.05) is 30.0 Å². The molecule has 0 aliphatic heterocycles. The predicted molar refractivity (Wildman–Crippen MR) is 99.1 cm³/mol. The summed E-state index contributed by atoms with van der Waals surface area (Å²) in [7, 11) is 0. The van der Waals surface area contributed by atoms with Crippen LogP contribution in [0.25, 0.3) is 0 Å². The van der Waals surface area contributed by atoms with E-state index in [1.54, 1.807) is 6.20 Å². The number of hydrogen-bond acceptors (Lipinski definition) is 4. The van der Waals surface area contributed by atoms with Crippen molar-refractivity contribution in [3.63, 3.8) is 0 Å². The number of carbonyl (C=O) groups is 1. The fourth-order valence-corrected chi connectivity index (χ4v) is 2.80. The van der Waals surface area contributed by atoms with E-state index in [1.807, 2.05) is 56.3 Å². The quantitative estimate of drug-likeness (QED) is 0.344. The van der Waals surface area contributed by atoms with Gasteiger partial charge in [-0.25, -0.2) is 10.4 Å². The van der Waals surface area contributed by atoms with E-state index in [2.05, 4.69) is 38.1 Å². The smallest absolute Gasteiger partial charge is 0.253 e. The zero-order chi connectivity index (χ0) is 15.9. The number of nitrogens with one attached hydrogen (secondary N) is 1. The molecule has 1 aromatic carbocycles. The largest absolute Gasteiger partial charge is 0.272 e. The summed E-state index contributed by atoms with van der Waals surface area (Å²) in [6.45, 7) is 3.71. The number of nitrogens with zero attached hydrogens (tertiary/aromatic N) is 2. The van der Waals surface area contributed by atoms with Gasteiger partial charge in [0.05, 0.1) is 16.0 Å². The molecule has 2 aromatic rings. The van der Waals surface area contributed by atoms with Crippen LogP contribution in [0.4, 0.5) is 0 Å². The lowest BCUT2D eigenvalue weighted by Crippen LogP contribution is -2.27. The van der Waals surface area contributed by atoms with Crippen molar-refractivity contribution in [2.75, 3.05) is 0 Å². The number of hydrazone groups is 1. The number of aromatic nitrogens is 1. The zero-order valence-electron chi connectivity index (χ0n) is 12.3. The summed E-state index contributed by atoms with van der Waals surface area (Å²) >= 11 is 3.66. The van der Waals surface area contributed by atoms with E-state index in [0.717, 1.165) is 16.3 Å². The van der Waals surface area contributed by atoms with E-state index in [9.17, 15) is 4.79 Å². The molecule has 1 amide bonds. The predicted octanol–water partition coefficient (Wildman–Crippen LogP) is 3.71. The van der Waals surface area contributed by atoms with Gasteiger partial charge in [-0.15, -0.1) is 0 Å². The lowest BCUT2D eigenvalue weighted by Gasteiger charge is -2.09. The molecule has 4 nitrogen and oxygen atoms in total. The standard InChI is InChI=1S/C16H16IN3OS/c1-11(13-6-8-14(17)9-7-13)19-20-16(21)12(2)22-15-5-3-4-10-18-15/h3-10,12H,1-2H3,(H,20,21). The first-order valence-corrected chi connectivity index (χ1v) is 8.70. The number of pyridine rings is 1. The maximum atomic E-state index is 12.1. The van der Waals surface area contributed by atoms with Crippen molar-refractivity contribution in [3.05, 3.63) is 57.8 Å². The van der Waals surface area contributed by atoms with Gasteiger partial charge in [-0.2, -0.15) is 5.10 Å². The Morgan fingerprint density at radius 3 is 2.64 bits per heavy atom. The van der Waals surface area contributed by atoms with Crippen molar-refractivity contribution < 1.29 is 4.79 Å². The van der Waals surface area contributed by atoms with E-state index < -0.39 is 0 Å². The number of benzene rings is 1. The summed E-state index contributed by atoms with van der Waals surface area (Å²) in [6.07, 6.45) is 1.71. The molecule has 6 heteroatoms. The Hall–Kier alpha value is -1.41. The third kappa shape index (κ3) is 5.10. The second kappa shape index (κ2) is 8.28. The van der Waals surface area contributed by atoms with Gasteiger partial charge in [-0.3, -0.25) is 4.79 Å². The summed E-state index contributed by atoms with van der Waals surface area (Å²) in [4.78, 5) is 16.3. The average molecular weight is 425 g/mol. The van der Waals surface area contributed by atoms with Gasteiger partial charge in [0.2, 0.25) is 0 Å². The molecular weight excluding hydrogens is 409 g/mol. The van der Waals surface area contributed by atoms with E-state index >= 15 is 0 Å². The Kier molecular flexibility index (Phi) is 6.38. The van der Waals surface area contributed by atoms with E-state index in [0.29, 0.717) is 0 Å². The zero-order valence-corrected chi connectivity index (χ0v) is 15.3. The molecule has 1 unspecified atom stereocenters. The third-order valence-corrected chi connectivity index (χ3v) is 4.67. The highest BCUT2D eigenvalue weighted by Gasteiger charge is 2.14. The SMILES string of the molecule is CC(=NNC(=O)C(C)Sc1ccccn1)c1ccc(I)cc1. The summed E-state index contributed by atoms with van der Waals surface area (Å²) in [5, 5.41) is 4.73. The first-order chi connectivity index (χ1) is 10.6. The first kappa shape index (κ1) is 17.0. The van der Waals surface area contributed by atoms with Crippen LogP contribution in [0.2, 0.25) is 0 Å². The van der Waals surface area contributed by atoms with Gasteiger partial charge < -0.3 is 0 Å². The molecule has 0 spiro atoms. The minimum atomic E-state index is -0.261.